The van der Waals surface area contributed by atoms with Crippen molar-refractivity contribution in [2.75, 3.05) is 12.8 Å². The Balaban J connectivity index is 2.76. The van der Waals surface area contributed by atoms with Crippen LogP contribution in [0, 0.1) is 27.7 Å². The lowest BCUT2D eigenvalue weighted by Crippen LogP contribution is -1.98. The van der Waals surface area contributed by atoms with Gasteiger partial charge in [0.15, 0.2) is 0 Å². The van der Waals surface area contributed by atoms with Crippen LogP contribution in [0.4, 0.5) is 5.95 Å². The van der Waals surface area contributed by atoms with Gasteiger partial charge in [-0.25, -0.2) is 4.98 Å². The molecule has 0 amide bonds. The number of nitrogens with two attached hydrogens (primary N) is 1. The summed E-state index contributed by atoms with van der Waals surface area (Å²) in [4.78, 5) is 4.50. The number of hydrogen-bond acceptors (Lipinski definition) is 3. The number of aryl methyl sites for hydroxylation is 1. The summed E-state index contributed by atoms with van der Waals surface area (Å²) in [5.74, 6) is 1.46. The Hall–Kier alpha value is -1.97. The maximum atomic E-state index is 5.90. The number of rotatable bonds is 2. The number of methoxy groups -OCH3 is 1. The van der Waals surface area contributed by atoms with Crippen LogP contribution in [0.15, 0.2) is 6.07 Å². The van der Waals surface area contributed by atoms with E-state index in [0.29, 0.717) is 5.95 Å². The van der Waals surface area contributed by atoms with Crippen molar-refractivity contribution in [3.05, 3.63) is 28.5 Å². The Labute approximate surface area is 114 Å². The second-order valence-electron chi connectivity index (χ2n) is 4.98. The number of imidazole rings is 1. The molecule has 0 aliphatic carbocycles. The SMILES string of the molecule is COc1cc(C)c(-c2nc(N)n(C)c2C)c(C)c1C. The van der Waals surface area contributed by atoms with Gasteiger partial charge in [-0.2, -0.15) is 0 Å². The Bertz CT molecular complexity index is 642. The second-order valence-corrected chi connectivity index (χ2v) is 4.98. The van der Waals surface area contributed by atoms with E-state index in [-0.39, 0.29) is 0 Å². The number of nitrogens with zero attached hydrogens (tertiary/aromatic N) is 2. The van der Waals surface area contributed by atoms with Crippen LogP contribution in [0.1, 0.15) is 22.4 Å². The monoisotopic (exact) mass is 259 g/mol. The number of hydrogen-bond donors (Lipinski definition) is 1. The number of anilines is 1. The smallest absolute Gasteiger partial charge is 0.200 e. The zero-order valence-corrected chi connectivity index (χ0v) is 12.5. The first-order valence-corrected chi connectivity index (χ1v) is 6.32. The van der Waals surface area contributed by atoms with Crippen molar-refractivity contribution in [3.63, 3.8) is 0 Å². The molecule has 2 N–H and O–H groups in total. The lowest BCUT2D eigenvalue weighted by atomic mass is 9.94. The van der Waals surface area contributed by atoms with E-state index in [9.17, 15) is 0 Å². The number of benzene rings is 1. The van der Waals surface area contributed by atoms with Gasteiger partial charge in [0.25, 0.3) is 0 Å². The fourth-order valence-electron chi connectivity index (χ4n) is 2.46. The maximum Gasteiger partial charge on any atom is 0.200 e. The molecule has 4 heteroatoms. The first kappa shape index (κ1) is 13.5. The minimum absolute atomic E-state index is 0.541. The highest BCUT2D eigenvalue weighted by atomic mass is 16.5. The third kappa shape index (κ3) is 1.97. The fourth-order valence-corrected chi connectivity index (χ4v) is 2.46. The van der Waals surface area contributed by atoms with E-state index in [1.165, 1.54) is 5.56 Å². The van der Waals surface area contributed by atoms with Crippen LogP contribution in [0.3, 0.4) is 0 Å². The highest BCUT2D eigenvalue weighted by Gasteiger charge is 2.18. The van der Waals surface area contributed by atoms with Crippen LogP contribution in [0.25, 0.3) is 11.3 Å². The molecule has 1 aromatic heterocycles. The number of ether oxygens (including phenoxy) is 1. The Morgan fingerprint density at radius 2 is 1.79 bits per heavy atom. The third-order valence-corrected chi connectivity index (χ3v) is 3.92. The van der Waals surface area contributed by atoms with Crippen LogP contribution >= 0.6 is 0 Å². The topological polar surface area (TPSA) is 53.1 Å². The number of nitrogen functional groups attached to an aromatic ring is 1. The quantitative estimate of drug-likeness (QED) is 0.902. The average Bonchev–Trinajstić information content (AvgIpc) is 2.62. The fraction of sp³-hybridized carbons (Fsp3) is 0.400. The highest BCUT2D eigenvalue weighted by Crippen LogP contribution is 2.35. The van der Waals surface area contributed by atoms with Gasteiger partial charge in [0.2, 0.25) is 5.95 Å². The summed E-state index contributed by atoms with van der Waals surface area (Å²) in [6, 6.07) is 2.06. The van der Waals surface area contributed by atoms with Crippen molar-refractivity contribution < 1.29 is 4.74 Å². The first-order chi connectivity index (χ1) is 8.88. The summed E-state index contributed by atoms with van der Waals surface area (Å²) >= 11 is 0. The van der Waals surface area contributed by atoms with Gasteiger partial charge in [0.05, 0.1) is 12.8 Å². The second kappa shape index (κ2) is 4.61. The molecule has 2 rings (SSSR count). The summed E-state index contributed by atoms with van der Waals surface area (Å²) < 4.78 is 7.32. The summed E-state index contributed by atoms with van der Waals surface area (Å²) in [5, 5.41) is 0. The molecule has 0 saturated heterocycles. The lowest BCUT2D eigenvalue weighted by molar-refractivity contribution is 0.411. The van der Waals surface area contributed by atoms with E-state index in [2.05, 4.69) is 31.8 Å². The van der Waals surface area contributed by atoms with Crippen LogP contribution in [0.5, 0.6) is 5.75 Å². The van der Waals surface area contributed by atoms with Crippen molar-refractivity contribution >= 4 is 5.95 Å². The van der Waals surface area contributed by atoms with Gasteiger partial charge in [0.1, 0.15) is 5.75 Å². The molecule has 1 aromatic carbocycles. The van der Waals surface area contributed by atoms with Gasteiger partial charge < -0.3 is 15.0 Å². The Morgan fingerprint density at radius 3 is 2.26 bits per heavy atom. The molecule has 4 nitrogen and oxygen atoms in total. The zero-order valence-electron chi connectivity index (χ0n) is 12.5. The normalized spacial score (nSPS) is 10.8. The minimum Gasteiger partial charge on any atom is -0.496 e. The maximum absolute atomic E-state index is 5.90. The standard InChI is InChI=1S/C15H21N3O/c1-8-7-12(19-6)9(2)10(3)13(8)14-11(4)18(5)15(16)17-14/h7H,1-6H3,(H2,16,17). The summed E-state index contributed by atoms with van der Waals surface area (Å²) in [6.07, 6.45) is 0. The van der Waals surface area contributed by atoms with E-state index in [4.69, 9.17) is 10.5 Å². The van der Waals surface area contributed by atoms with E-state index >= 15 is 0 Å². The predicted octanol–water partition coefficient (Wildman–Crippen LogP) is 2.91. The van der Waals surface area contributed by atoms with E-state index < -0.39 is 0 Å². The molecule has 102 valence electrons. The van der Waals surface area contributed by atoms with Crippen molar-refractivity contribution in [2.24, 2.45) is 7.05 Å². The average molecular weight is 259 g/mol. The van der Waals surface area contributed by atoms with Crippen molar-refractivity contribution in [1.29, 1.82) is 0 Å². The molecule has 0 spiro atoms. The largest absolute Gasteiger partial charge is 0.496 e. The van der Waals surface area contributed by atoms with E-state index in [1.54, 1.807) is 7.11 Å². The van der Waals surface area contributed by atoms with Gasteiger partial charge in [-0.1, -0.05) is 0 Å². The summed E-state index contributed by atoms with van der Waals surface area (Å²) in [5.41, 5.74) is 12.6. The predicted molar refractivity (Wildman–Crippen MR) is 78.6 cm³/mol. The molecule has 19 heavy (non-hydrogen) atoms. The van der Waals surface area contributed by atoms with Crippen LogP contribution in [-0.4, -0.2) is 16.7 Å². The summed E-state index contributed by atoms with van der Waals surface area (Å²) in [6.45, 7) is 8.29. The van der Waals surface area contributed by atoms with Crippen molar-refractivity contribution in [3.8, 4) is 17.0 Å². The van der Waals surface area contributed by atoms with Gasteiger partial charge in [0, 0.05) is 18.3 Å². The molecular weight excluding hydrogens is 238 g/mol. The van der Waals surface area contributed by atoms with Crippen LogP contribution < -0.4 is 10.5 Å². The van der Waals surface area contributed by atoms with Gasteiger partial charge in [-0.3, -0.25) is 0 Å². The minimum atomic E-state index is 0.541. The molecular formula is C15H21N3O. The van der Waals surface area contributed by atoms with Gasteiger partial charge in [-0.05, 0) is 50.5 Å². The van der Waals surface area contributed by atoms with Gasteiger partial charge >= 0.3 is 0 Å². The molecule has 0 unspecified atom stereocenters. The molecule has 0 atom stereocenters. The molecule has 0 bridgehead atoms. The molecule has 0 saturated carbocycles. The van der Waals surface area contributed by atoms with E-state index in [1.807, 2.05) is 18.5 Å². The molecule has 0 aliphatic heterocycles. The molecule has 0 aliphatic rings. The Kier molecular flexibility index (Phi) is 3.27. The van der Waals surface area contributed by atoms with Crippen molar-refractivity contribution in [2.45, 2.75) is 27.7 Å². The van der Waals surface area contributed by atoms with Crippen LogP contribution in [-0.2, 0) is 7.05 Å². The zero-order chi connectivity index (χ0) is 14.3. The molecule has 0 fully saturated rings. The number of aromatic nitrogens is 2. The molecule has 1 heterocycles. The Morgan fingerprint density at radius 1 is 1.16 bits per heavy atom. The third-order valence-electron chi connectivity index (χ3n) is 3.92. The van der Waals surface area contributed by atoms with Gasteiger partial charge in [-0.15, -0.1) is 0 Å². The molecule has 0 radical (unpaired) electrons. The highest BCUT2D eigenvalue weighted by molar-refractivity contribution is 5.74. The lowest BCUT2D eigenvalue weighted by Gasteiger charge is -2.15. The summed E-state index contributed by atoms with van der Waals surface area (Å²) in [7, 11) is 3.63. The molecule has 2 aromatic rings. The first-order valence-electron chi connectivity index (χ1n) is 6.32. The van der Waals surface area contributed by atoms with Crippen molar-refractivity contribution in [1.82, 2.24) is 9.55 Å². The van der Waals surface area contributed by atoms with Crippen LogP contribution in [0.2, 0.25) is 0 Å². The van der Waals surface area contributed by atoms with E-state index in [0.717, 1.165) is 33.8 Å².